The number of pyridine rings is 1. The van der Waals surface area contributed by atoms with Gasteiger partial charge in [0.2, 0.25) is 0 Å². The van der Waals surface area contributed by atoms with Crippen molar-refractivity contribution >= 4 is 55.0 Å². The first-order valence-electron chi connectivity index (χ1n) is 11.4. The van der Waals surface area contributed by atoms with E-state index in [0.29, 0.717) is 16.9 Å². The average Bonchev–Trinajstić information content (AvgIpc) is 3.57. The van der Waals surface area contributed by atoms with Crippen molar-refractivity contribution in [3.05, 3.63) is 80.8 Å². The lowest BCUT2D eigenvalue weighted by atomic mass is 10.0. The van der Waals surface area contributed by atoms with Crippen LogP contribution in [0.15, 0.2) is 53.1 Å². The number of amides is 2. The van der Waals surface area contributed by atoms with Crippen molar-refractivity contribution in [2.75, 3.05) is 5.32 Å². The van der Waals surface area contributed by atoms with E-state index in [2.05, 4.69) is 36.4 Å². The maximum atomic E-state index is 13.7. The molecule has 4 heterocycles. The molecule has 5 rings (SSSR count). The van der Waals surface area contributed by atoms with Gasteiger partial charge in [-0.05, 0) is 53.0 Å². The van der Waals surface area contributed by atoms with Crippen molar-refractivity contribution in [1.29, 1.82) is 0 Å². The van der Waals surface area contributed by atoms with E-state index in [1.165, 1.54) is 10.7 Å². The van der Waals surface area contributed by atoms with E-state index < -0.39 is 23.7 Å². The Balaban J connectivity index is 1.56. The lowest BCUT2D eigenvalue weighted by molar-refractivity contribution is -0.140. The fourth-order valence-electron chi connectivity index (χ4n) is 4.07. The molecule has 14 heteroatoms. The molecule has 5 aromatic rings. The highest BCUT2D eigenvalue weighted by atomic mass is 79.9. The number of anilines is 1. The van der Waals surface area contributed by atoms with Gasteiger partial charge in [0.15, 0.2) is 5.69 Å². The minimum absolute atomic E-state index is 0.0199. The lowest BCUT2D eigenvalue weighted by Gasteiger charge is -2.12. The van der Waals surface area contributed by atoms with Crippen molar-refractivity contribution in [1.82, 2.24) is 24.5 Å². The number of carbonyl (C=O) groups excluding carboxylic acids is 2. The van der Waals surface area contributed by atoms with Gasteiger partial charge in [0.1, 0.15) is 22.1 Å². The highest BCUT2D eigenvalue weighted by Gasteiger charge is 2.35. The number of nitrogens with zero attached hydrogens (tertiary/aromatic N) is 5. The SMILES string of the molecule is Cc1nn(Cn2ccc(C(=O)Nc3c(C(N)=O)sc4nc(C(F)(F)F)cc(-c5ccccc5)c34)n2)c(C)c1Br. The molecule has 0 fully saturated rings. The van der Waals surface area contributed by atoms with E-state index in [0.717, 1.165) is 21.9 Å². The number of hydrogen-bond donors (Lipinski definition) is 2. The van der Waals surface area contributed by atoms with Crippen LogP contribution in [0, 0.1) is 13.8 Å². The molecule has 9 nitrogen and oxygen atoms in total. The molecule has 200 valence electrons. The summed E-state index contributed by atoms with van der Waals surface area (Å²) in [6, 6.07) is 10.7. The second kappa shape index (κ2) is 9.93. The predicted octanol–water partition coefficient (Wildman–Crippen LogP) is 5.61. The molecule has 0 aliphatic rings. The largest absolute Gasteiger partial charge is 0.433 e. The number of aryl methyl sites for hydroxylation is 1. The summed E-state index contributed by atoms with van der Waals surface area (Å²) >= 11 is 4.15. The zero-order chi connectivity index (χ0) is 28.1. The quantitative estimate of drug-likeness (QED) is 0.256. The third-order valence-corrected chi connectivity index (χ3v) is 8.19. The van der Waals surface area contributed by atoms with Crippen molar-refractivity contribution in [3.8, 4) is 11.1 Å². The van der Waals surface area contributed by atoms with E-state index in [1.54, 1.807) is 41.2 Å². The number of alkyl halides is 3. The number of nitrogens with one attached hydrogen (secondary N) is 1. The number of halogens is 4. The van der Waals surface area contributed by atoms with E-state index in [1.807, 2.05) is 13.8 Å². The maximum absolute atomic E-state index is 13.7. The Morgan fingerprint density at radius 3 is 2.46 bits per heavy atom. The fourth-order valence-corrected chi connectivity index (χ4v) is 5.36. The van der Waals surface area contributed by atoms with Crippen LogP contribution in [0.2, 0.25) is 0 Å². The zero-order valence-corrected chi connectivity index (χ0v) is 22.8. The van der Waals surface area contributed by atoms with Crippen LogP contribution in [0.1, 0.15) is 37.2 Å². The normalized spacial score (nSPS) is 11.7. The summed E-state index contributed by atoms with van der Waals surface area (Å²) in [6.45, 7) is 3.98. The first-order chi connectivity index (χ1) is 18.4. The molecule has 2 amide bonds. The van der Waals surface area contributed by atoms with Gasteiger partial charge in [-0.2, -0.15) is 23.4 Å². The molecule has 4 aromatic heterocycles. The Kier molecular flexibility index (Phi) is 6.76. The van der Waals surface area contributed by atoms with Crippen LogP contribution in [0.4, 0.5) is 18.9 Å². The monoisotopic (exact) mass is 617 g/mol. The molecule has 0 atom stereocenters. The molecule has 1 aromatic carbocycles. The predicted molar refractivity (Wildman–Crippen MR) is 144 cm³/mol. The molecule has 0 radical (unpaired) electrons. The minimum atomic E-state index is -4.73. The number of fused-ring (bicyclic) bond motifs is 1. The number of hydrogen-bond acceptors (Lipinski definition) is 6. The molecule has 0 spiro atoms. The molecule has 0 aliphatic carbocycles. The molecular formula is C25H19BrF3N7O2S. The third kappa shape index (κ3) is 5.04. The second-order valence-electron chi connectivity index (χ2n) is 8.59. The molecular weight excluding hydrogens is 599 g/mol. The summed E-state index contributed by atoms with van der Waals surface area (Å²) in [4.78, 5) is 29.1. The second-order valence-corrected chi connectivity index (χ2v) is 10.4. The topological polar surface area (TPSA) is 121 Å². The first-order valence-corrected chi connectivity index (χ1v) is 13.0. The van der Waals surface area contributed by atoms with Gasteiger partial charge in [0.05, 0.1) is 21.5 Å². The number of thiophene rings is 1. The summed E-state index contributed by atoms with van der Waals surface area (Å²) < 4.78 is 45.1. The van der Waals surface area contributed by atoms with Gasteiger partial charge in [-0.1, -0.05) is 30.3 Å². The van der Waals surface area contributed by atoms with E-state index >= 15 is 0 Å². The van der Waals surface area contributed by atoms with Crippen LogP contribution in [0.25, 0.3) is 21.3 Å². The van der Waals surface area contributed by atoms with Crippen LogP contribution < -0.4 is 11.1 Å². The summed E-state index contributed by atoms with van der Waals surface area (Å²) in [5, 5.41) is 11.5. The third-order valence-electron chi connectivity index (χ3n) is 5.94. The summed E-state index contributed by atoms with van der Waals surface area (Å²) in [5.74, 6) is -1.59. The van der Waals surface area contributed by atoms with Gasteiger partial charge in [0, 0.05) is 11.6 Å². The van der Waals surface area contributed by atoms with Crippen LogP contribution in [0.3, 0.4) is 0 Å². The number of nitrogens with two attached hydrogens (primary N) is 1. The summed E-state index contributed by atoms with van der Waals surface area (Å²) in [7, 11) is 0. The van der Waals surface area contributed by atoms with Gasteiger partial charge in [-0.15, -0.1) is 11.3 Å². The van der Waals surface area contributed by atoms with E-state index in [4.69, 9.17) is 5.73 Å². The Hall–Kier alpha value is -4.04. The number of benzene rings is 1. The molecule has 0 saturated carbocycles. The van der Waals surface area contributed by atoms with Gasteiger partial charge >= 0.3 is 6.18 Å². The molecule has 39 heavy (non-hydrogen) atoms. The minimum Gasteiger partial charge on any atom is -0.365 e. The molecule has 3 N–H and O–H groups in total. The van der Waals surface area contributed by atoms with Gasteiger partial charge < -0.3 is 11.1 Å². The Morgan fingerprint density at radius 1 is 1.13 bits per heavy atom. The molecule has 0 saturated heterocycles. The summed E-state index contributed by atoms with van der Waals surface area (Å²) in [6.07, 6.45) is -3.14. The molecule has 0 bridgehead atoms. The Bertz CT molecular complexity index is 1740. The average molecular weight is 618 g/mol. The van der Waals surface area contributed by atoms with Crippen LogP contribution in [0.5, 0.6) is 0 Å². The standard InChI is InChI=1S/C25H19BrF3N7O2S/c1-12-19(26)13(2)36(33-12)11-35-9-8-16(34-35)23(38)32-20-18-15(14-6-4-3-5-7-14)10-17(25(27,28)29)31-24(18)39-21(20)22(30)37/h3-10H,11H2,1-2H3,(H2,30,37)(H,32,38). The number of aromatic nitrogens is 5. The first kappa shape index (κ1) is 26.6. The lowest BCUT2D eigenvalue weighted by Crippen LogP contribution is -2.18. The van der Waals surface area contributed by atoms with Crippen LogP contribution in [-0.4, -0.2) is 36.4 Å². The number of carbonyl (C=O) groups is 2. The zero-order valence-electron chi connectivity index (χ0n) is 20.4. The van der Waals surface area contributed by atoms with Gasteiger partial charge in [-0.3, -0.25) is 14.3 Å². The maximum Gasteiger partial charge on any atom is 0.433 e. The number of primary amides is 1. The highest BCUT2D eigenvalue weighted by molar-refractivity contribution is 9.10. The van der Waals surface area contributed by atoms with Gasteiger partial charge in [0.25, 0.3) is 11.8 Å². The fraction of sp³-hybridized carbons (Fsp3) is 0.160. The van der Waals surface area contributed by atoms with Crippen LogP contribution in [-0.2, 0) is 12.8 Å². The molecule has 0 unspecified atom stereocenters. The Labute approximate surface area is 231 Å². The summed E-state index contributed by atoms with van der Waals surface area (Å²) in [5.41, 5.74) is 6.70. The number of rotatable bonds is 6. The van der Waals surface area contributed by atoms with Crippen molar-refractivity contribution in [3.63, 3.8) is 0 Å². The van der Waals surface area contributed by atoms with Crippen molar-refractivity contribution < 1.29 is 22.8 Å². The van der Waals surface area contributed by atoms with Gasteiger partial charge in [-0.25, -0.2) is 9.67 Å². The van der Waals surface area contributed by atoms with E-state index in [9.17, 15) is 22.8 Å². The Morgan fingerprint density at radius 2 is 1.85 bits per heavy atom. The van der Waals surface area contributed by atoms with Crippen molar-refractivity contribution in [2.24, 2.45) is 5.73 Å². The molecule has 0 aliphatic heterocycles. The van der Waals surface area contributed by atoms with Crippen LogP contribution >= 0.6 is 27.3 Å². The smallest absolute Gasteiger partial charge is 0.365 e. The highest BCUT2D eigenvalue weighted by Crippen LogP contribution is 2.43. The van der Waals surface area contributed by atoms with E-state index in [-0.39, 0.29) is 38.7 Å². The van der Waals surface area contributed by atoms with Crippen molar-refractivity contribution in [2.45, 2.75) is 26.7 Å².